The van der Waals surface area contributed by atoms with Gasteiger partial charge in [-0.3, -0.25) is 0 Å². The van der Waals surface area contributed by atoms with Crippen LogP contribution in [0.5, 0.6) is 0 Å². The van der Waals surface area contributed by atoms with Crippen LogP contribution in [-0.4, -0.2) is 46.1 Å². The summed E-state index contributed by atoms with van der Waals surface area (Å²) in [5.41, 5.74) is 0. The molecule has 108 valence electrons. The van der Waals surface area contributed by atoms with Gasteiger partial charge in [0.25, 0.3) is 0 Å². The van der Waals surface area contributed by atoms with Gasteiger partial charge in [-0.15, -0.1) is 10.2 Å². The third-order valence-corrected chi connectivity index (χ3v) is 5.37. The first kappa shape index (κ1) is 12.7. The van der Waals surface area contributed by atoms with E-state index in [1.54, 1.807) is 11.3 Å². The zero-order chi connectivity index (χ0) is 13.4. The molecule has 2 saturated heterocycles. The van der Waals surface area contributed by atoms with E-state index in [1.807, 2.05) is 4.52 Å². The second-order valence-electron chi connectivity index (χ2n) is 5.60. The molecule has 0 spiro atoms. The summed E-state index contributed by atoms with van der Waals surface area (Å²) < 4.78 is 7.41. The SMILES string of the molecule is C1CC(c2nn3c(C4CCOCC4)nnc3s2)CCN1. The van der Waals surface area contributed by atoms with Crippen LogP contribution in [0.3, 0.4) is 0 Å². The second kappa shape index (κ2) is 5.38. The molecule has 2 aliphatic heterocycles. The molecular weight excluding hydrogens is 274 g/mol. The Hall–Kier alpha value is -1.05. The maximum Gasteiger partial charge on any atom is 0.234 e. The van der Waals surface area contributed by atoms with Crippen LogP contribution in [0.4, 0.5) is 0 Å². The summed E-state index contributed by atoms with van der Waals surface area (Å²) in [7, 11) is 0. The van der Waals surface area contributed by atoms with Gasteiger partial charge in [-0.1, -0.05) is 11.3 Å². The smallest absolute Gasteiger partial charge is 0.234 e. The number of aromatic nitrogens is 4. The number of hydrogen-bond acceptors (Lipinski definition) is 6. The summed E-state index contributed by atoms with van der Waals surface area (Å²) in [5.74, 6) is 2.06. The van der Waals surface area contributed by atoms with Crippen LogP contribution in [0, 0.1) is 0 Å². The standard InChI is InChI=1S/C13H19N5OS/c1-5-14-6-2-10(1)12-17-18-11(15-16-13(18)20-12)9-3-7-19-8-4-9/h9-10,14H,1-8H2. The van der Waals surface area contributed by atoms with Gasteiger partial charge in [-0.2, -0.15) is 9.61 Å². The Morgan fingerprint density at radius 3 is 2.65 bits per heavy atom. The quantitative estimate of drug-likeness (QED) is 0.910. The third kappa shape index (κ3) is 2.23. The van der Waals surface area contributed by atoms with E-state index in [1.165, 1.54) is 17.8 Å². The van der Waals surface area contributed by atoms with E-state index < -0.39 is 0 Å². The van der Waals surface area contributed by atoms with E-state index in [4.69, 9.17) is 9.84 Å². The van der Waals surface area contributed by atoms with Gasteiger partial charge < -0.3 is 10.1 Å². The van der Waals surface area contributed by atoms with Gasteiger partial charge in [0.05, 0.1) is 0 Å². The van der Waals surface area contributed by atoms with Crippen molar-refractivity contribution in [2.24, 2.45) is 0 Å². The molecule has 0 aliphatic carbocycles. The van der Waals surface area contributed by atoms with Gasteiger partial charge in [0, 0.05) is 25.0 Å². The van der Waals surface area contributed by atoms with Gasteiger partial charge in [0.15, 0.2) is 5.82 Å². The molecule has 0 unspecified atom stereocenters. The van der Waals surface area contributed by atoms with E-state index in [2.05, 4.69) is 15.5 Å². The summed E-state index contributed by atoms with van der Waals surface area (Å²) in [6.07, 6.45) is 4.41. The Kier molecular flexibility index (Phi) is 3.41. The number of ether oxygens (including phenoxy) is 1. The molecule has 2 aromatic rings. The first-order valence-corrected chi connectivity index (χ1v) is 8.24. The highest BCUT2D eigenvalue weighted by Crippen LogP contribution is 2.31. The summed E-state index contributed by atoms with van der Waals surface area (Å²) in [4.78, 5) is 0.944. The highest BCUT2D eigenvalue weighted by atomic mass is 32.1. The first-order chi connectivity index (χ1) is 9.92. The maximum atomic E-state index is 5.43. The molecule has 2 aliphatic rings. The fraction of sp³-hybridized carbons (Fsp3) is 0.769. The highest BCUT2D eigenvalue weighted by molar-refractivity contribution is 7.16. The number of rotatable bonds is 2. The molecule has 20 heavy (non-hydrogen) atoms. The van der Waals surface area contributed by atoms with Crippen LogP contribution in [0.15, 0.2) is 0 Å². The molecule has 7 heteroatoms. The van der Waals surface area contributed by atoms with Crippen molar-refractivity contribution in [1.82, 2.24) is 25.1 Å². The molecule has 1 N–H and O–H groups in total. The van der Waals surface area contributed by atoms with Gasteiger partial charge >= 0.3 is 0 Å². The molecule has 0 amide bonds. The average Bonchev–Trinajstić information content (AvgIpc) is 3.09. The highest BCUT2D eigenvalue weighted by Gasteiger charge is 2.25. The van der Waals surface area contributed by atoms with Gasteiger partial charge in [0.2, 0.25) is 4.96 Å². The summed E-state index contributed by atoms with van der Waals surface area (Å²) in [5, 5.41) is 18.1. The minimum absolute atomic E-state index is 0.446. The van der Waals surface area contributed by atoms with Crippen LogP contribution >= 0.6 is 11.3 Å². The Morgan fingerprint density at radius 1 is 1.05 bits per heavy atom. The summed E-state index contributed by atoms with van der Waals surface area (Å²) >= 11 is 1.71. The minimum Gasteiger partial charge on any atom is -0.381 e. The number of fused-ring (bicyclic) bond motifs is 1. The third-order valence-electron chi connectivity index (χ3n) is 4.31. The minimum atomic E-state index is 0.446. The molecule has 0 aromatic carbocycles. The summed E-state index contributed by atoms with van der Waals surface area (Å²) in [6.45, 7) is 3.84. The zero-order valence-electron chi connectivity index (χ0n) is 11.4. The van der Waals surface area contributed by atoms with Crippen molar-refractivity contribution >= 4 is 16.3 Å². The molecule has 4 heterocycles. The molecule has 0 saturated carbocycles. The fourth-order valence-electron chi connectivity index (χ4n) is 3.09. The van der Waals surface area contributed by atoms with Crippen molar-refractivity contribution in [2.45, 2.75) is 37.5 Å². The Labute approximate surface area is 121 Å². The van der Waals surface area contributed by atoms with Gasteiger partial charge in [-0.25, -0.2) is 0 Å². The monoisotopic (exact) mass is 293 g/mol. The van der Waals surface area contributed by atoms with Crippen molar-refractivity contribution < 1.29 is 4.74 Å². The van der Waals surface area contributed by atoms with E-state index in [0.29, 0.717) is 11.8 Å². The van der Waals surface area contributed by atoms with Gasteiger partial charge in [-0.05, 0) is 38.8 Å². The average molecular weight is 293 g/mol. The predicted octanol–water partition coefficient (Wildman–Crippen LogP) is 1.55. The van der Waals surface area contributed by atoms with Crippen molar-refractivity contribution in [3.8, 4) is 0 Å². The molecule has 6 nitrogen and oxygen atoms in total. The van der Waals surface area contributed by atoms with E-state index in [-0.39, 0.29) is 0 Å². The number of nitrogens with zero attached hydrogens (tertiary/aromatic N) is 4. The molecule has 0 atom stereocenters. The van der Waals surface area contributed by atoms with Crippen molar-refractivity contribution in [2.75, 3.05) is 26.3 Å². The van der Waals surface area contributed by atoms with Crippen LogP contribution in [0.2, 0.25) is 0 Å². The lowest BCUT2D eigenvalue weighted by molar-refractivity contribution is 0.0831. The lowest BCUT2D eigenvalue weighted by Gasteiger charge is -2.20. The lowest BCUT2D eigenvalue weighted by atomic mass is 9.99. The first-order valence-electron chi connectivity index (χ1n) is 7.42. The molecule has 2 aromatic heterocycles. The maximum absolute atomic E-state index is 5.43. The van der Waals surface area contributed by atoms with E-state index in [0.717, 1.165) is 49.9 Å². The molecular formula is C13H19N5OS. The van der Waals surface area contributed by atoms with Gasteiger partial charge in [0.1, 0.15) is 5.01 Å². The Balaban J connectivity index is 1.63. The van der Waals surface area contributed by atoms with Crippen molar-refractivity contribution in [3.05, 3.63) is 10.8 Å². The number of nitrogens with one attached hydrogen (secondary N) is 1. The van der Waals surface area contributed by atoms with Crippen LogP contribution in [-0.2, 0) is 4.74 Å². The second-order valence-corrected chi connectivity index (χ2v) is 6.59. The largest absolute Gasteiger partial charge is 0.381 e. The molecule has 2 fully saturated rings. The number of hydrogen-bond donors (Lipinski definition) is 1. The Morgan fingerprint density at radius 2 is 1.85 bits per heavy atom. The van der Waals surface area contributed by atoms with Crippen LogP contribution in [0.25, 0.3) is 4.96 Å². The topological polar surface area (TPSA) is 64.3 Å². The molecule has 0 bridgehead atoms. The zero-order valence-corrected chi connectivity index (χ0v) is 12.2. The van der Waals surface area contributed by atoms with E-state index in [9.17, 15) is 0 Å². The van der Waals surface area contributed by atoms with Crippen molar-refractivity contribution in [3.63, 3.8) is 0 Å². The predicted molar refractivity (Wildman–Crippen MR) is 76.3 cm³/mol. The van der Waals surface area contributed by atoms with Crippen molar-refractivity contribution in [1.29, 1.82) is 0 Å². The fourth-order valence-corrected chi connectivity index (χ4v) is 4.11. The molecule has 0 radical (unpaired) electrons. The lowest BCUT2D eigenvalue weighted by Crippen LogP contribution is -2.26. The van der Waals surface area contributed by atoms with E-state index >= 15 is 0 Å². The molecule has 4 rings (SSSR count). The normalized spacial score (nSPS) is 22.6. The summed E-state index contributed by atoms with van der Waals surface area (Å²) in [6, 6.07) is 0. The van der Waals surface area contributed by atoms with Crippen LogP contribution in [0.1, 0.15) is 48.4 Å². The Bertz CT molecular complexity index is 583. The number of piperidine rings is 1. The van der Waals surface area contributed by atoms with Crippen LogP contribution < -0.4 is 5.32 Å².